The summed E-state index contributed by atoms with van der Waals surface area (Å²) in [5.74, 6) is 1.67. The molecule has 0 radical (unpaired) electrons. The highest BCUT2D eigenvalue weighted by Gasteiger charge is 2.29. The standard InChI is InChI=1S/C12H14N4O/c1-8-10(4-6-14-8)12-15-11(16-17-12)9-3-2-5-13-7-9/h2-3,5,7-8,10,14H,4,6H2,1H3. The van der Waals surface area contributed by atoms with Gasteiger partial charge in [0.15, 0.2) is 0 Å². The molecule has 0 spiro atoms. The maximum atomic E-state index is 5.34. The van der Waals surface area contributed by atoms with E-state index >= 15 is 0 Å². The minimum atomic E-state index is 0.327. The number of nitrogens with one attached hydrogen (secondary N) is 1. The van der Waals surface area contributed by atoms with E-state index < -0.39 is 0 Å². The highest BCUT2D eigenvalue weighted by molar-refractivity contribution is 5.51. The molecule has 2 aromatic heterocycles. The largest absolute Gasteiger partial charge is 0.339 e. The molecule has 88 valence electrons. The van der Waals surface area contributed by atoms with E-state index in [4.69, 9.17) is 4.52 Å². The van der Waals surface area contributed by atoms with Crippen LogP contribution < -0.4 is 5.32 Å². The van der Waals surface area contributed by atoms with Crippen LogP contribution in [0.5, 0.6) is 0 Å². The summed E-state index contributed by atoms with van der Waals surface area (Å²) >= 11 is 0. The number of hydrogen-bond donors (Lipinski definition) is 1. The van der Waals surface area contributed by atoms with Gasteiger partial charge in [0.2, 0.25) is 11.7 Å². The Morgan fingerprint density at radius 3 is 3.12 bits per heavy atom. The average molecular weight is 230 g/mol. The Labute approximate surface area is 99.3 Å². The smallest absolute Gasteiger partial charge is 0.231 e. The number of aromatic nitrogens is 3. The first-order valence-corrected chi connectivity index (χ1v) is 5.82. The van der Waals surface area contributed by atoms with Crippen molar-refractivity contribution in [3.8, 4) is 11.4 Å². The molecule has 5 nitrogen and oxygen atoms in total. The van der Waals surface area contributed by atoms with Gasteiger partial charge in [-0.05, 0) is 32.0 Å². The van der Waals surface area contributed by atoms with E-state index in [0.29, 0.717) is 17.8 Å². The van der Waals surface area contributed by atoms with E-state index in [-0.39, 0.29) is 0 Å². The highest BCUT2D eigenvalue weighted by atomic mass is 16.5. The second-order valence-corrected chi connectivity index (χ2v) is 4.34. The topological polar surface area (TPSA) is 63.8 Å². The van der Waals surface area contributed by atoms with Crippen molar-refractivity contribution in [2.24, 2.45) is 0 Å². The fourth-order valence-corrected chi connectivity index (χ4v) is 2.19. The van der Waals surface area contributed by atoms with Crippen molar-refractivity contribution >= 4 is 0 Å². The summed E-state index contributed by atoms with van der Waals surface area (Å²) in [5, 5.41) is 7.39. The number of hydrogen-bond acceptors (Lipinski definition) is 5. The first kappa shape index (κ1) is 10.4. The van der Waals surface area contributed by atoms with Gasteiger partial charge in [-0.2, -0.15) is 4.98 Å². The Morgan fingerprint density at radius 1 is 1.47 bits per heavy atom. The van der Waals surface area contributed by atoms with Crippen LogP contribution in [-0.2, 0) is 0 Å². The zero-order valence-electron chi connectivity index (χ0n) is 9.63. The lowest BCUT2D eigenvalue weighted by Crippen LogP contribution is -2.21. The lowest BCUT2D eigenvalue weighted by molar-refractivity contribution is 0.345. The molecule has 0 aromatic carbocycles. The van der Waals surface area contributed by atoms with Crippen LogP contribution in [0.1, 0.15) is 25.2 Å². The van der Waals surface area contributed by atoms with Crippen molar-refractivity contribution in [3.05, 3.63) is 30.4 Å². The molecule has 1 saturated heterocycles. The molecule has 3 heterocycles. The molecule has 1 aliphatic heterocycles. The summed E-state index contributed by atoms with van der Waals surface area (Å²) < 4.78 is 5.34. The lowest BCUT2D eigenvalue weighted by Gasteiger charge is -2.08. The van der Waals surface area contributed by atoms with Crippen molar-refractivity contribution in [2.75, 3.05) is 6.54 Å². The summed E-state index contributed by atoms with van der Waals surface area (Å²) in [6.45, 7) is 3.15. The molecule has 0 aliphatic carbocycles. The Kier molecular flexibility index (Phi) is 2.60. The summed E-state index contributed by atoms with van der Waals surface area (Å²) in [7, 11) is 0. The van der Waals surface area contributed by atoms with Crippen molar-refractivity contribution in [2.45, 2.75) is 25.3 Å². The molecule has 0 saturated carbocycles. The zero-order valence-corrected chi connectivity index (χ0v) is 9.63. The van der Waals surface area contributed by atoms with Crippen LogP contribution in [0.2, 0.25) is 0 Å². The monoisotopic (exact) mass is 230 g/mol. The summed E-state index contributed by atoms with van der Waals surface area (Å²) in [6.07, 6.45) is 4.52. The average Bonchev–Trinajstić information content (AvgIpc) is 2.98. The van der Waals surface area contributed by atoms with Gasteiger partial charge in [-0.1, -0.05) is 5.16 Å². The molecular formula is C12H14N4O. The third kappa shape index (κ3) is 1.93. The summed E-state index contributed by atoms with van der Waals surface area (Å²) in [6, 6.07) is 4.19. The van der Waals surface area contributed by atoms with Gasteiger partial charge >= 0.3 is 0 Å². The van der Waals surface area contributed by atoms with Crippen molar-refractivity contribution in [3.63, 3.8) is 0 Å². The Hall–Kier alpha value is -1.75. The summed E-state index contributed by atoms with van der Waals surface area (Å²) in [5.41, 5.74) is 0.890. The molecule has 5 heteroatoms. The van der Waals surface area contributed by atoms with Gasteiger partial charge < -0.3 is 9.84 Å². The molecule has 1 N–H and O–H groups in total. The molecule has 0 bridgehead atoms. The summed E-state index contributed by atoms with van der Waals surface area (Å²) in [4.78, 5) is 8.50. The molecule has 1 aliphatic rings. The van der Waals surface area contributed by atoms with Gasteiger partial charge in [0.25, 0.3) is 0 Å². The third-order valence-corrected chi connectivity index (χ3v) is 3.20. The Balaban J connectivity index is 1.88. The molecule has 1 fully saturated rings. The lowest BCUT2D eigenvalue weighted by atomic mass is 10.0. The SMILES string of the molecule is CC1NCCC1c1nc(-c2cccnc2)no1. The molecule has 2 unspecified atom stereocenters. The van der Waals surface area contributed by atoms with Crippen LogP contribution >= 0.6 is 0 Å². The maximum Gasteiger partial charge on any atom is 0.231 e. The van der Waals surface area contributed by atoms with Crippen LogP contribution in [0.4, 0.5) is 0 Å². The fourth-order valence-electron chi connectivity index (χ4n) is 2.19. The Morgan fingerprint density at radius 2 is 2.41 bits per heavy atom. The number of nitrogens with zero attached hydrogens (tertiary/aromatic N) is 3. The predicted molar refractivity (Wildman–Crippen MR) is 62.4 cm³/mol. The zero-order chi connectivity index (χ0) is 11.7. The number of rotatable bonds is 2. The molecule has 17 heavy (non-hydrogen) atoms. The van der Waals surface area contributed by atoms with E-state index in [1.165, 1.54) is 0 Å². The van der Waals surface area contributed by atoms with Gasteiger partial charge in [0.1, 0.15) is 0 Å². The molecule has 2 atom stereocenters. The minimum absolute atomic E-state index is 0.327. The fraction of sp³-hybridized carbons (Fsp3) is 0.417. The second kappa shape index (κ2) is 4.25. The van der Waals surface area contributed by atoms with Gasteiger partial charge in [0, 0.05) is 24.0 Å². The quantitative estimate of drug-likeness (QED) is 0.848. The van der Waals surface area contributed by atoms with Gasteiger partial charge in [0.05, 0.1) is 5.92 Å². The van der Waals surface area contributed by atoms with Crippen LogP contribution in [-0.4, -0.2) is 27.7 Å². The van der Waals surface area contributed by atoms with Gasteiger partial charge in [-0.15, -0.1) is 0 Å². The molecule has 2 aromatic rings. The molecule has 0 amide bonds. The van der Waals surface area contributed by atoms with Crippen LogP contribution in [0.3, 0.4) is 0 Å². The number of pyridine rings is 1. The van der Waals surface area contributed by atoms with E-state index in [1.54, 1.807) is 12.4 Å². The van der Waals surface area contributed by atoms with E-state index in [2.05, 4.69) is 27.4 Å². The molecular weight excluding hydrogens is 216 g/mol. The second-order valence-electron chi connectivity index (χ2n) is 4.34. The maximum absolute atomic E-state index is 5.34. The minimum Gasteiger partial charge on any atom is -0.339 e. The van der Waals surface area contributed by atoms with Gasteiger partial charge in [-0.25, -0.2) is 0 Å². The predicted octanol–water partition coefficient (Wildman–Crippen LogP) is 1.60. The first-order valence-electron chi connectivity index (χ1n) is 5.82. The van der Waals surface area contributed by atoms with E-state index in [1.807, 2.05) is 12.1 Å². The van der Waals surface area contributed by atoms with Crippen molar-refractivity contribution in [1.29, 1.82) is 0 Å². The third-order valence-electron chi connectivity index (χ3n) is 3.20. The Bertz CT molecular complexity index is 496. The van der Waals surface area contributed by atoms with Crippen LogP contribution in [0, 0.1) is 0 Å². The first-order chi connectivity index (χ1) is 8.34. The van der Waals surface area contributed by atoms with Crippen LogP contribution in [0.25, 0.3) is 11.4 Å². The van der Waals surface area contributed by atoms with Crippen molar-refractivity contribution in [1.82, 2.24) is 20.4 Å². The van der Waals surface area contributed by atoms with E-state index in [0.717, 1.165) is 24.4 Å². The van der Waals surface area contributed by atoms with E-state index in [9.17, 15) is 0 Å². The van der Waals surface area contributed by atoms with Gasteiger partial charge in [-0.3, -0.25) is 4.98 Å². The van der Waals surface area contributed by atoms with Crippen molar-refractivity contribution < 1.29 is 4.52 Å². The normalized spacial score (nSPS) is 24.1. The molecule has 3 rings (SSSR count). The highest BCUT2D eigenvalue weighted by Crippen LogP contribution is 2.27. The van der Waals surface area contributed by atoms with Crippen LogP contribution in [0.15, 0.2) is 29.0 Å².